The molecule has 2 aromatic heterocycles. The molecule has 0 aliphatic carbocycles. The number of fused-ring (bicyclic) bond motifs is 1. The first kappa shape index (κ1) is 21.6. The van der Waals surface area contributed by atoms with Gasteiger partial charge in [0.05, 0.1) is 28.8 Å². The van der Waals surface area contributed by atoms with Gasteiger partial charge in [0.1, 0.15) is 10.6 Å². The summed E-state index contributed by atoms with van der Waals surface area (Å²) >= 11 is 1.21. The number of amides is 1. The summed E-state index contributed by atoms with van der Waals surface area (Å²) in [6.07, 6.45) is 1.54. The van der Waals surface area contributed by atoms with E-state index in [4.69, 9.17) is 4.74 Å². The largest absolute Gasteiger partial charge is 0.455 e. The average molecular weight is 468 g/mol. The monoisotopic (exact) mass is 467 g/mol. The Balaban J connectivity index is 1.44. The third-order valence-electron chi connectivity index (χ3n) is 5.43. The lowest BCUT2D eigenvalue weighted by atomic mass is 10.2. The summed E-state index contributed by atoms with van der Waals surface area (Å²) in [5.41, 5.74) is 2.02. The molecule has 0 aliphatic rings. The third kappa shape index (κ3) is 4.33. The number of hydrogen-bond donors (Lipinski definition) is 1. The highest BCUT2D eigenvalue weighted by Crippen LogP contribution is 2.32. The van der Waals surface area contributed by atoms with Crippen LogP contribution in [0.3, 0.4) is 0 Å². The van der Waals surface area contributed by atoms with Crippen molar-refractivity contribution in [3.63, 3.8) is 0 Å². The van der Waals surface area contributed by atoms with Crippen molar-refractivity contribution in [3.8, 4) is 11.5 Å². The van der Waals surface area contributed by atoms with Gasteiger partial charge in [0.25, 0.3) is 11.5 Å². The number of nitrogens with one attached hydrogen (secondary N) is 1. The number of nitrogens with zero attached hydrogens (tertiary/aromatic N) is 2. The molecule has 0 saturated carbocycles. The number of anilines is 1. The summed E-state index contributed by atoms with van der Waals surface area (Å²) in [5.74, 6) is 0.896. The zero-order chi connectivity index (χ0) is 23.5. The highest BCUT2D eigenvalue weighted by molar-refractivity contribution is 7.20. The van der Waals surface area contributed by atoms with E-state index in [0.717, 1.165) is 5.56 Å². The molecule has 0 radical (unpaired) electrons. The Hall–Kier alpha value is -4.23. The molecule has 0 unspecified atom stereocenters. The van der Waals surface area contributed by atoms with Gasteiger partial charge in [0.15, 0.2) is 5.75 Å². The molecule has 0 bridgehead atoms. The zero-order valence-electron chi connectivity index (χ0n) is 18.4. The van der Waals surface area contributed by atoms with E-state index >= 15 is 0 Å². The number of thiophene rings is 1. The van der Waals surface area contributed by atoms with Crippen molar-refractivity contribution in [2.75, 3.05) is 5.32 Å². The van der Waals surface area contributed by atoms with Crippen LogP contribution in [0, 0.1) is 6.92 Å². The van der Waals surface area contributed by atoms with Crippen LogP contribution in [0.15, 0.2) is 96.1 Å². The second kappa shape index (κ2) is 9.33. The Bertz CT molecular complexity index is 1530. The van der Waals surface area contributed by atoms with Crippen molar-refractivity contribution in [2.45, 2.75) is 13.5 Å². The van der Waals surface area contributed by atoms with Crippen molar-refractivity contribution in [1.29, 1.82) is 0 Å². The van der Waals surface area contributed by atoms with E-state index in [1.54, 1.807) is 23.6 Å². The van der Waals surface area contributed by atoms with Gasteiger partial charge in [-0.3, -0.25) is 14.2 Å². The predicted molar refractivity (Wildman–Crippen MR) is 135 cm³/mol. The molecule has 3 aromatic carbocycles. The third-order valence-corrected chi connectivity index (χ3v) is 6.62. The van der Waals surface area contributed by atoms with Crippen LogP contribution in [0.25, 0.3) is 10.2 Å². The number of rotatable bonds is 6. The van der Waals surface area contributed by atoms with Gasteiger partial charge >= 0.3 is 0 Å². The quantitative estimate of drug-likeness (QED) is 0.340. The molecule has 6 nitrogen and oxygen atoms in total. The van der Waals surface area contributed by atoms with Gasteiger partial charge in [-0.2, -0.15) is 0 Å². The van der Waals surface area contributed by atoms with Gasteiger partial charge in [-0.1, -0.05) is 60.7 Å². The van der Waals surface area contributed by atoms with Gasteiger partial charge in [-0.05, 0) is 42.3 Å². The van der Waals surface area contributed by atoms with Crippen LogP contribution in [-0.4, -0.2) is 15.5 Å². The average Bonchev–Trinajstić information content (AvgIpc) is 3.20. The predicted octanol–water partition coefficient (Wildman–Crippen LogP) is 5.86. The van der Waals surface area contributed by atoms with Gasteiger partial charge in [-0.15, -0.1) is 11.3 Å². The maximum Gasteiger partial charge on any atom is 0.266 e. The summed E-state index contributed by atoms with van der Waals surface area (Å²) < 4.78 is 7.52. The first-order valence-electron chi connectivity index (χ1n) is 10.8. The Morgan fingerprint density at radius 3 is 2.41 bits per heavy atom. The van der Waals surface area contributed by atoms with E-state index < -0.39 is 0 Å². The highest BCUT2D eigenvalue weighted by atomic mass is 32.1. The van der Waals surface area contributed by atoms with Gasteiger partial charge in [-0.25, -0.2) is 4.98 Å². The van der Waals surface area contributed by atoms with E-state index in [-0.39, 0.29) is 11.5 Å². The topological polar surface area (TPSA) is 73.2 Å². The molecular weight excluding hydrogens is 446 g/mol. The number of carbonyl (C=O) groups excluding carboxylic acids is 1. The van der Waals surface area contributed by atoms with E-state index in [2.05, 4.69) is 10.3 Å². The standard InChI is InChI=1S/C27H21N3O3S/c1-18-23-26(28-17-30(27(23)32)16-19-10-4-2-5-11-19)34-24(18)25(31)29-21-14-8-9-15-22(21)33-20-12-6-3-7-13-20/h2-15,17H,16H2,1H3,(H,29,31). The number of benzene rings is 3. The molecule has 34 heavy (non-hydrogen) atoms. The molecular formula is C27H21N3O3S. The van der Waals surface area contributed by atoms with Gasteiger partial charge < -0.3 is 10.1 Å². The molecule has 7 heteroatoms. The molecule has 0 aliphatic heterocycles. The van der Waals surface area contributed by atoms with E-state index in [1.165, 1.54) is 17.7 Å². The fourth-order valence-electron chi connectivity index (χ4n) is 3.72. The summed E-state index contributed by atoms with van der Waals surface area (Å²) in [6.45, 7) is 2.21. The maximum absolute atomic E-state index is 13.2. The Morgan fingerprint density at radius 2 is 1.65 bits per heavy atom. The van der Waals surface area contributed by atoms with E-state index in [0.29, 0.717) is 44.4 Å². The summed E-state index contributed by atoms with van der Waals surface area (Å²) in [5, 5.41) is 3.41. The minimum Gasteiger partial charge on any atom is -0.455 e. The molecule has 0 atom stereocenters. The Morgan fingerprint density at radius 1 is 0.971 bits per heavy atom. The lowest BCUT2D eigenvalue weighted by Crippen LogP contribution is -2.21. The molecule has 2 heterocycles. The van der Waals surface area contributed by atoms with Crippen molar-refractivity contribution in [1.82, 2.24) is 9.55 Å². The van der Waals surface area contributed by atoms with E-state index in [9.17, 15) is 9.59 Å². The molecule has 0 saturated heterocycles. The normalized spacial score (nSPS) is 10.9. The molecule has 0 fully saturated rings. The highest BCUT2D eigenvalue weighted by Gasteiger charge is 2.20. The summed E-state index contributed by atoms with van der Waals surface area (Å²) in [4.78, 5) is 31.8. The number of ether oxygens (including phenoxy) is 1. The fourth-order valence-corrected chi connectivity index (χ4v) is 4.76. The molecule has 5 rings (SSSR count). The lowest BCUT2D eigenvalue weighted by molar-refractivity contribution is 0.102. The number of para-hydroxylation sites is 3. The second-order valence-electron chi connectivity index (χ2n) is 7.76. The summed E-state index contributed by atoms with van der Waals surface area (Å²) in [7, 11) is 0. The smallest absolute Gasteiger partial charge is 0.266 e. The molecule has 0 spiro atoms. The van der Waals surface area contributed by atoms with Gasteiger partial charge in [0, 0.05) is 0 Å². The first-order chi connectivity index (χ1) is 16.6. The van der Waals surface area contributed by atoms with Crippen LogP contribution in [0.2, 0.25) is 0 Å². The summed E-state index contributed by atoms with van der Waals surface area (Å²) in [6, 6.07) is 26.4. The molecule has 1 N–H and O–H groups in total. The zero-order valence-corrected chi connectivity index (χ0v) is 19.2. The van der Waals surface area contributed by atoms with Crippen molar-refractivity contribution >= 4 is 33.1 Å². The maximum atomic E-state index is 13.2. The number of carbonyl (C=O) groups is 1. The second-order valence-corrected chi connectivity index (χ2v) is 8.76. The minimum absolute atomic E-state index is 0.158. The van der Waals surface area contributed by atoms with Crippen LogP contribution in [0.1, 0.15) is 20.8 Å². The number of aromatic nitrogens is 2. The van der Waals surface area contributed by atoms with Crippen LogP contribution < -0.4 is 15.6 Å². The van der Waals surface area contributed by atoms with Crippen LogP contribution in [-0.2, 0) is 6.54 Å². The first-order valence-corrected chi connectivity index (χ1v) is 11.6. The van der Waals surface area contributed by atoms with E-state index in [1.807, 2.05) is 72.8 Å². The van der Waals surface area contributed by atoms with Crippen LogP contribution >= 0.6 is 11.3 Å². The lowest BCUT2D eigenvalue weighted by Gasteiger charge is -2.12. The minimum atomic E-state index is -0.307. The van der Waals surface area contributed by atoms with Crippen molar-refractivity contribution in [3.05, 3.63) is 118 Å². The van der Waals surface area contributed by atoms with Crippen molar-refractivity contribution in [2.24, 2.45) is 0 Å². The van der Waals surface area contributed by atoms with Gasteiger partial charge in [0.2, 0.25) is 0 Å². The molecule has 5 aromatic rings. The van der Waals surface area contributed by atoms with Crippen molar-refractivity contribution < 1.29 is 9.53 Å². The Labute approximate surface area is 200 Å². The van der Waals surface area contributed by atoms with Crippen LogP contribution in [0.4, 0.5) is 5.69 Å². The number of hydrogen-bond acceptors (Lipinski definition) is 5. The molecule has 168 valence electrons. The number of aryl methyl sites for hydroxylation is 1. The Kier molecular flexibility index (Phi) is 5.93. The SMILES string of the molecule is Cc1c(C(=O)Nc2ccccc2Oc2ccccc2)sc2ncn(Cc3ccccc3)c(=O)c12. The molecule has 1 amide bonds. The van der Waals surface area contributed by atoms with Crippen LogP contribution in [0.5, 0.6) is 11.5 Å². The fraction of sp³-hybridized carbons (Fsp3) is 0.0741.